The van der Waals surface area contributed by atoms with Gasteiger partial charge in [0, 0.05) is 18.8 Å². The number of carboxylic acids is 1. The van der Waals surface area contributed by atoms with Crippen LogP contribution in [-0.2, 0) is 17.2 Å². The van der Waals surface area contributed by atoms with Gasteiger partial charge in [0.05, 0.1) is 0 Å². The Hall–Kier alpha value is -0.408. The third-order valence-electron chi connectivity index (χ3n) is 1.45. The molecule has 0 amide bonds. The molecule has 98 valence electrons. The quantitative estimate of drug-likeness (QED) is 0.357. The Morgan fingerprint density at radius 2 is 1.65 bits per heavy atom. The minimum absolute atomic E-state index is 0.178. The zero-order valence-corrected chi connectivity index (χ0v) is 12.2. The SMILES string of the molecule is CC(C)CC(=O)CC(=O)[O-].CC[O][Al+][O]CC. The summed E-state index contributed by atoms with van der Waals surface area (Å²) in [5.74, 6) is -1.31. The van der Waals surface area contributed by atoms with Gasteiger partial charge in [0.25, 0.3) is 0 Å². The molecule has 0 saturated heterocycles. The molecule has 0 spiro atoms. The number of hydrogen-bond donors (Lipinski definition) is 0. The van der Waals surface area contributed by atoms with Crippen LogP contribution in [0, 0.1) is 5.92 Å². The first kappa shape index (κ1) is 18.9. The Bertz CT molecular complexity index is 202. The van der Waals surface area contributed by atoms with Crippen molar-refractivity contribution in [3.8, 4) is 0 Å². The molecular weight excluding hydrogens is 239 g/mol. The molecule has 6 heteroatoms. The van der Waals surface area contributed by atoms with Gasteiger partial charge in [-0.1, -0.05) is 13.8 Å². The van der Waals surface area contributed by atoms with Crippen LogP contribution in [0.4, 0.5) is 0 Å². The molecule has 5 nitrogen and oxygen atoms in total. The van der Waals surface area contributed by atoms with Crippen LogP contribution in [0.3, 0.4) is 0 Å². The minimum atomic E-state index is -1.29. The van der Waals surface area contributed by atoms with Crippen molar-refractivity contribution < 1.29 is 22.3 Å². The number of aliphatic carboxylic acids is 1. The normalized spacial score (nSPS) is 9.24. The zero-order chi connectivity index (χ0) is 13.7. The van der Waals surface area contributed by atoms with Crippen molar-refractivity contribution >= 4 is 27.6 Å². The van der Waals surface area contributed by atoms with Gasteiger partial charge in [0.2, 0.25) is 0 Å². The van der Waals surface area contributed by atoms with Gasteiger partial charge in [0.15, 0.2) is 0 Å². The molecule has 0 fully saturated rings. The van der Waals surface area contributed by atoms with Crippen LogP contribution in [0.25, 0.3) is 0 Å². The molecule has 0 aliphatic carbocycles. The Labute approximate surface area is 110 Å². The Balaban J connectivity index is 0. The number of Topliss-reactive ketones (excluding diaryl/α,β-unsaturated/α-hetero) is 1. The van der Waals surface area contributed by atoms with Crippen molar-refractivity contribution in [2.75, 3.05) is 13.2 Å². The summed E-state index contributed by atoms with van der Waals surface area (Å²) in [4.78, 5) is 20.5. The van der Waals surface area contributed by atoms with Gasteiger partial charge in [-0.25, -0.2) is 0 Å². The molecule has 17 heavy (non-hydrogen) atoms. The van der Waals surface area contributed by atoms with Crippen LogP contribution in [0.15, 0.2) is 0 Å². The maximum atomic E-state index is 10.6. The summed E-state index contributed by atoms with van der Waals surface area (Å²) in [6.07, 6.45) is -0.119. The second kappa shape index (κ2) is 13.7. The first-order valence-electron chi connectivity index (χ1n) is 5.70. The van der Waals surface area contributed by atoms with Crippen molar-refractivity contribution in [3.05, 3.63) is 0 Å². The first-order valence-corrected chi connectivity index (χ1v) is 6.64. The van der Waals surface area contributed by atoms with Crippen molar-refractivity contribution in [3.63, 3.8) is 0 Å². The maximum absolute atomic E-state index is 10.6. The van der Waals surface area contributed by atoms with E-state index in [9.17, 15) is 14.7 Å². The summed E-state index contributed by atoms with van der Waals surface area (Å²) in [7, 11) is 0. The number of carbonyl (C=O) groups excluding carboxylic acids is 2. The van der Waals surface area contributed by atoms with Gasteiger partial charge in [-0.3, -0.25) is 4.79 Å². The van der Waals surface area contributed by atoms with Gasteiger partial charge < -0.3 is 9.90 Å². The second-order valence-corrected chi connectivity index (χ2v) is 4.55. The second-order valence-electron chi connectivity index (χ2n) is 3.69. The van der Waals surface area contributed by atoms with E-state index in [0.717, 1.165) is 13.2 Å². The molecule has 0 heterocycles. The van der Waals surface area contributed by atoms with E-state index in [1.165, 1.54) is 0 Å². The van der Waals surface area contributed by atoms with Crippen LogP contribution in [0.5, 0.6) is 0 Å². The fraction of sp³-hybridized carbons (Fsp3) is 0.818. The standard InChI is InChI=1S/C7H12O3.2C2H5O.Al/c1-5(2)3-6(8)4-7(9)10;2*1-2-3;/h5H,3-4H2,1-2H3,(H,9,10);2*2H2,1H3;/q;2*-1;+3/p-1. The van der Waals surface area contributed by atoms with Gasteiger partial charge in [0.1, 0.15) is 5.78 Å². The topological polar surface area (TPSA) is 75.7 Å². The number of carbonyl (C=O) groups is 2. The molecule has 0 atom stereocenters. The van der Waals surface area contributed by atoms with E-state index in [2.05, 4.69) is 0 Å². The number of carboxylic acid groups (broad SMARTS) is 1. The van der Waals surface area contributed by atoms with Crippen LogP contribution >= 0.6 is 0 Å². The van der Waals surface area contributed by atoms with Gasteiger partial charge >= 0.3 is 50.5 Å². The van der Waals surface area contributed by atoms with E-state index in [0.29, 0.717) is 6.42 Å². The number of rotatable bonds is 8. The van der Waals surface area contributed by atoms with Crippen LogP contribution in [0.1, 0.15) is 40.5 Å². The van der Waals surface area contributed by atoms with Crippen LogP contribution in [-0.4, -0.2) is 40.9 Å². The summed E-state index contributed by atoms with van der Waals surface area (Å²) in [5, 5.41) is 9.86. The number of hydrogen-bond acceptors (Lipinski definition) is 5. The van der Waals surface area contributed by atoms with Crippen molar-refractivity contribution in [1.29, 1.82) is 0 Å². The van der Waals surface area contributed by atoms with Crippen LogP contribution < -0.4 is 5.11 Å². The molecule has 0 aromatic heterocycles. The summed E-state index contributed by atoms with van der Waals surface area (Å²) in [6, 6.07) is 0. The first-order chi connectivity index (χ1) is 7.93. The molecular formula is C11H21AlO5. The summed E-state index contributed by atoms with van der Waals surface area (Å²) in [6.45, 7) is 9.21. The third kappa shape index (κ3) is 21.4. The van der Waals surface area contributed by atoms with Crippen molar-refractivity contribution in [2.45, 2.75) is 40.5 Å². The van der Waals surface area contributed by atoms with Crippen LogP contribution in [0.2, 0.25) is 0 Å². The average molecular weight is 260 g/mol. The van der Waals surface area contributed by atoms with E-state index in [1.54, 1.807) is 0 Å². The molecule has 0 N–H and O–H groups in total. The predicted octanol–water partition coefficient (Wildman–Crippen LogP) is 0.335. The molecule has 0 bridgehead atoms. The molecule has 0 unspecified atom stereocenters. The molecule has 0 saturated carbocycles. The molecule has 0 aromatic carbocycles. The molecule has 0 rings (SSSR count). The Kier molecular flexibility index (Phi) is 15.2. The molecule has 0 aliphatic rings. The molecule has 0 aromatic rings. The van der Waals surface area contributed by atoms with Gasteiger partial charge in [-0.15, -0.1) is 0 Å². The summed E-state index contributed by atoms with van der Waals surface area (Å²) >= 11 is -0.178. The molecule has 0 radical (unpaired) electrons. The van der Waals surface area contributed by atoms with Crippen molar-refractivity contribution in [1.82, 2.24) is 0 Å². The third-order valence-corrected chi connectivity index (χ3v) is 2.39. The van der Waals surface area contributed by atoms with E-state index >= 15 is 0 Å². The fourth-order valence-electron chi connectivity index (χ4n) is 0.873. The van der Waals surface area contributed by atoms with E-state index < -0.39 is 12.4 Å². The Morgan fingerprint density at radius 1 is 1.18 bits per heavy atom. The monoisotopic (exact) mass is 260 g/mol. The predicted molar refractivity (Wildman–Crippen MR) is 63.1 cm³/mol. The van der Waals surface area contributed by atoms with E-state index in [4.69, 9.17) is 7.58 Å². The zero-order valence-electron chi connectivity index (χ0n) is 11.0. The van der Waals surface area contributed by atoms with Gasteiger partial charge in [-0.2, -0.15) is 0 Å². The van der Waals surface area contributed by atoms with E-state index in [-0.39, 0.29) is 27.6 Å². The summed E-state index contributed by atoms with van der Waals surface area (Å²) < 4.78 is 9.87. The Morgan fingerprint density at radius 3 is 1.94 bits per heavy atom. The van der Waals surface area contributed by atoms with Gasteiger partial charge in [-0.05, 0) is 5.92 Å². The number of ketones is 1. The average Bonchev–Trinajstić information content (AvgIpc) is 2.16. The summed E-state index contributed by atoms with van der Waals surface area (Å²) in [5.41, 5.74) is 0. The molecule has 0 aliphatic heterocycles. The van der Waals surface area contributed by atoms with E-state index in [1.807, 2.05) is 27.7 Å². The van der Waals surface area contributed by atoms with Crippen molar-refractivity contribution in [2.24, 2.45) is 5.92 Å². The fourth-order valence-corrected chi connectivity index (χ4v) is 1.24.